The number of hydrogen-bond donors (Lipinski definition) is 1. The summed E-state index contributed by atoms with van der Waals surface area (Å²) in [6, 6.07) is 7.32. The van der Waals surface area contributed by atoms with Crippen LogP contribution >= 0.6 is 0 Å². The highest BCUT2D eigenvalue weighted by molar-refractivity contribution is 5.36. The molecule has 0 atom stereocenters. The van der Waals surface area contributed by atoms with E-state index in [1.54, 1.807) is 19.5 Å². The van der Waals surface area contributed by atoms with Crippen molar-refractivity contribution in [3.05, 3.63) is 36.7 Å². The standard InChI is InChI=1S/C14H17N3O2/c1-3-8-16-13-9-15-10-14(17-13)19-12-6-4-11(18-2)5-7-12/h4-7,9-10H,3,8H2,1-2H3,(H,16,17). The highest BCUT2D eigenvalue weighted by Gasteiger charge is 2.01. The Morgan fingerprint density at radius 2 is 1.84 bits per heavy atom. The van der Waals surface area contributed by atoms with E-state index in [0.29, 0.717) is 17.4 Å². The van der Waals surface area contributed by atoms with Crippen molar-refractivity contribution >= 4 is 5.82 Å². The first-order chi connectivity index (χ1) is 9.31. The Balaban J connectivity index is 2.05. The molecule has 0 aliphatic heterocycles. The molecule has 1 heterocycles. The van der Waals surface area contributed by atoms with Crippen LogP contribution in [0.2, 0.25) is 0 Å². The van der Waals surface area contributed by atoms with Crippen LogP contribution in [0.1, 0.15) is 13.3 Å². The zero-order chi connectivity index (χ0) is 13.5. The van der Waals surface area contributed by atoms with Crippen molar-refractivity contribution in [2.75, 3.05) is 19.0 Å². The number of nitrogens with zero attached hydrogens (tertiary/aromatic N) is 2. The van der Waals surface area contributed by atoms with Crippen LogP contribution in [0.3, 0.4) is 0 Å². The quantitative estimate of drug-likeness (QED) is 0.863. The monoisotopic (exact) mass is 259 g/mol. The summed E-state index contributed by atoms with van der Waals surface area (Å²) in [5.41, 5.74) is 0. The molecule has 0 aliphatic rings. The van der Waals surface area contributed by atoms with Crippen LogP contribution in [0.25, 0.3) is 0 Å². The van der Waals surface area contributed by atoms with E-state index in [4.69, 9.17) is 9.47 Å². The van der Waals surface area contributed by atoms with Crippen LogP contribution in [0.4, 0.5) is 5.82 Å². The molecule has 100 valence electrons. The van der Waals surface area contributed by atoms with Gasteiger partial charge in [-0.3, -0.25) is 4.98 Å². The van der Waals surface area contributed by atoms with Gasteiger partial charge in [0.1, 0.15) is 17.3 Å². The fourth-order valence-corrected chi connectivity index (χ4v) is 1.50. The third-order valence-corrected chi connectivity index (χ3v) is 2.45. The fraction of sp³-hybridized carbons (Fsp3) is 0.286. The van der Waals surface area contributed by atoms with Gasteiger partial charge in [0, 0.05) is 6.54 Å². The van der Waals surface area contributed by atoms with Gasteiger partial charge in [-0.2, -0.15) is 4.98 Å². The van der Waals surface area contributed by atoms with Gasteiger partial charge in [0.25, 0.3) is 0 Å². The first kappa shape index (κ1) is 13.1. The van der Waals surface area contributed by atoms with Crippen molar-refractivity contribution in [1.29, 1.82) is 0 Å². The van der Waals surface area contributed by atoms with Crippen LogP contribution < -0.4 is 14.8 Å². The molecule has 1 aromatic carbocycles. The van der Waals surface area contributed by atoms with Gasteiger partial charge in [0.15, 0.2) is 0 Å². The molecule has 0 spiro atoms. The molecule has 5 nitrogen and oxygen atoms in total. The minimum Gasteiger partial charge on any atom is -0.497 e. The molecule has 2 aromatic rings. The summed E-state index contributed by atoms with van der Waals surface area (Å²) in [6.07, 6.45) is 4.29. The number of methoxy groups -OCH3 is 1. The topological polar surface area (TPSA) is 56.3 Å². The Hall–Kier alpha value is -2.30. The van der Waals surface area contributed by atoms with Crippen molar-refractivity contribution < 1.29 is 9.47 Å². The molecule has 1 aromatic heterocycles. The molecular formula is C14H17N3O2. The molecule has 0 radical (unpaired) electrons. The third kappa shape index (κ3) is 3.84. The molecule has 5 heteroatoms. The van der Waals surface area contributed by atoms with Crippen molar-refractivity contribution in [2.24, 2.45) is 0 Å². The van der Waals surface area contributed by atoms with Gasteiger partial charge in [-0.25, -0.2) is 0 Å². The van der Waals surface area contributed by atoms with Crippen LogP contribution in [0.5, 0.6) is 17.4 Å². The molecule has 0 fully saturated rings. The summed E-state index contributed by atoms with van der Waals surface area (Å²) in [4.78, 5) is 8.41. The summed E-state index contributed by atoms with van der Waals surface area (Å²) in [6.45, 7) is 2.96. The minimum atomic E-state index is 0.464. The van der Waals surface area contributed by atoms with Crippen molar-refractivity contribution in [3.8, 4) is 17.4 Å². The molecule has 0 saturated heterocycles. The van der Waals surface area contributed by atoms with Crippen LogP contribution in [0, 0.1) is 0 Å². The van der Waals surface area contributed by atoms with Gasteiger partial charge < -0.3 is 14.8 Å². The van der Waals surface area contributed by atoms with E-state index >= 15 is 0 Å². The minimum absolute atomic E-state index is 0.464. The smallest absolute Gasteiger partial charge is 0.239 e. The lowest BCUT2D eigenvalue weighted by Crippen LogP contribution is -2.02. The second-order valence-electron chi connectivity index (χ2n) is 3.95. The molecule has 0 amide bonds. The van der Waals surface area contributed by atoms with Gasteiger partial charge in [-0.15, -0.1) is 0 Å². The number of nitrogens with one attached hydrogen (secondary N) is 1. The molecule has 0 unspecified atom stereocenters. The van der Waals surface area contributed by atoms with Gasteiger partial charge in [0.2, 0.25) is 5.88 Å². The SMILES string of the molecule is CCCNc1cncc(Oc2ccc(OC)cc2)n1. The number of benzene rings is 1. The third-order valence-electron chi connectivity index (χ3n) is 2.45. The van der Waals surface area contributed by atoms with Crippen molar-refractivity contribution in [1.82, 2.24) is 9.97 Å². The number of rotatable bonds is 6. The van der Waals surface area contributed by atoms with Crippen LogP contribution in [0.15, 0.2) is 36.7 Å². The molecule has 19 heavy (non-hydrogen) atoms. The Labute approximate surface area is 112 Å². The summed E-state index contributed by atoms with van der Waals surface area (Å²) in [5, 5.41) is 3.17. The lowest BCUT2D eigenvalue weighted by atomic mass is 10.3. The van der Waals surface area contributed by atoms with Crippen molar-refractivity contribution in [2.45, 2.75) is 13.3 Å². The Morgan fingerprint density at radius 3 is 2.53 bits per heavy atom. The maximum absolute atomic E-state index is 5.63. The first-order valence-corrected chi connectivity index (χ1v) is 6.19. The van der Waals surface area contributed by atoms with Gasteiger partial charge >= 0.3 is 0 Å². The number of aromatic nitrogens is 2. The highest BCUT2D eigenvalue weighted by Crippen LogP contribution is 2.22. The van der Waals surface area contributed by atoms with E-state index in [0.717, 1.165) is 18.7 Å². The van der Waals surface area contributed by atoms with E-state index < -0.39 is 0 Å². The van der Waals surface area contributed by atoms with Gasteiger partial charge in [0.05, 0.1) is 19.5 Å². The predicted octanol–water partition coefficient (Wildman–Crippen LogP) is 3.10. The summed E-state index contributed by atoms with van der Waals surface area (Å²) in [5.74, 6) is 2.67. The molecule has 0 bridgehead atoms. The largest absolute Gasteiger partial charge is 0.497 e. The summed E-state index contributed by atoms with van der Waals surface area (Å²) in [7, 11) is 1.63. The Morgan fingerprint density at radius 1 is 1.11 bits per heavy atom. The van der Waals surface area contributed by atoms with E-state index in [1.165, 1.54) is 0 Å². The molecule has 2 rings (SSSR count). The summed E-state index contributed by atoms with van der Waals surface area (Å²) < 4.78 is 10.7. The average Bonchev–Trinajstić information content (AvgIpc) is 2.46. The maximum atomic E-state index is 5.63. The normalized spacial score (nSPS) is 10.0. The molecule has 0 saturated carbocycles. The molecule has 0 aliphatic carbocycles. The van der Waals surface area contributed by atoms with Crippen LogP contribution in [-0.4, -0.2) is 23.6 Å². The summed E-state index contributed by atoms with van der Waals surface area (Å²) >= 11 is 0. The first-order valence-electron chi connectivity index (χ1n) is 6.19. The fourth-order valence-electron chi connectivity index (χ4n) is 1.50. The number of anilines is 1. The second kappa shape index (κ2) is 6.58. The zero-order valence-electron chi connectivity index (χ0n) is 11.1. The average molecular weight is 259 g/mol. The maximum Gasteiger partial charge on any atom is 0.239 e. The lowest BCUT2D eigenvalue weighted by Gasteiger charge is -2.07. The van der Waals surface area contributed by atoms with Crippen LogP contribution in [-0.2, 0) is 0 Å². The van der Waals surface area contributed by atoms with E-state index in [1.807, 2.05) is 24.3 Å². The van der Waals surface area contributed by atoms with Gasteiger partial charge in [-0.1, -0.05) is 6.92 Å². The highest BCUT2D eigenvalue weighted by atomic mass is 16.5. The van der Waals surface area contributed by atoms with E-state index in [9.17, 15) is 0 Å². The van der Waals surface area contributed by atoms with Gasteiger partial charge in [-0.05, 0) is 30.7 Å². The van der Waals surface area contributed by atoms with E-state index in [-0.39, 0.29) is 0 Å². The molecular weight excluding hydrogens is 242 g/mol. The Kier molecular flexibility index (Phi) is 4.55. The zero-order valence-corrected chi connectivity index (χ0v) is 11.1. The lowest BCUT2D eigenvalue weighted by molar-refractivity contribution is 0.412. The second-order valence-corrected chi connectivity index (χ2v) is 3.95. The van der Waals surface area contributed by atoms with Crippen molar-refractivity contribution in [3.63, 3.8) is 0 Å². The number of ether oxygens (including phenoxy) is 2. The Bertz CT molecular complexity index is 514. The number of hydrogen-bond acceptors (Lipinski definition) is 5. The molecule has 1 N–H and O–H groups in total. The predicted molar refractivity (Wildman–Crippen MR) is 73.9 cm³/mol. The van der Waals surface area contributed by atoms with E-state index in [2.05, 4.69) is 22.2 Å².